The molecule has 7 aromatic rings. The molecule has 0 saturated carbocycles. The summed E-state index contributed by atoms with van der Waals surface area (Å²) in [5.41, 5.74) is 5.09. The molecule has 0 aliphatic rings. The summed E-state index contributed by atoms with van der Waals surface area (Å²) in [6, 6.07) is 40.9. The van der Waals surface area contributed by atoms with Crippen LogP contribution in [0.25, 0.3) is 65.3 Å². The molecule has 1 heterocycles. The third kappa shape index (κ3) is 3.00. The Kier molecular flexibility index (Phi) is 4.87. The van der Waals surface area contributed by atoms with Gasteiger partial charge in [0.25, 0.3) is 0 Å². The molecule has 0 saturated heterocycles. The van der Waals surface area contributed by atoms with Gasteiger partial charge >= 0.3 is 0 Å². The minimum atomic E-state index is 0. The predicted molar refractivity (Wildman–Crippen MR) is 137 cm³/mol. The van der Waals surface area contributed by atoms with Crippen LogP contribution in [0.5, 0.6) is 0 Å². The van der Waals surface area contributed by atoms with Crippen LogP contribution >= 0.6 is 0 Å². The van der Waals surface area contributed by atoms with Crippen molar-refractivity contribution in [3.8, 4) is 11.1 Å². The van der Waals surface area contributed by atoms with Crippen LogP contribution in [0.3, 0.4) is 0 Å². The summed E-state index contributed by atoms with van der Waals surface area (Å²) in [5, 5.41) is 9.99. The number of hydrogen-bond donors (Lipinski definition) is 0. The summed E-state index contributed by atoms with van der Waals surface area (Å²) in [7, 11) is 2.18. The number of fused-ring (bicyclic) bond motifs is 7. The van der Waals surface area contributed by atoms with Gasteiger partial charge in [0, 0.05) is 61.4 Å². The minimum Gasteiger partial charge on any atom is -0.343 e. The average molecular weight is 495 g/mol. The fourth-order valence-corrected chi connectivity index (χ4v) is 5.38. The molecule has 0 fully saturated rings. The van der Waals surface area contributed by atoms with Crippen molar-refractivity contribution in [2.75, 3.05) is 0 Å². The van der Waals surface area contributed by atoms with Crippen molar-refractivity contribution in [1.82, 2.24) is 4.57 Å². The largest absolute Gasteiger partial charge is 0.343 e. The van der Waals surface area contributed by atoms with Crippen LogP contribution in [0, 0.1) is 6.07 Å². The van der Waals surface area contributed by atoms with Gasteiger partial charge in [-0.05, 0) is 23.1 Å². The SMILES string of the molecule is Cn1c2ccc(-c3c4ccccc4[c-]c4ccccc34)cc2c2ccc3ccccc3c21.[Y]. The van der Waals surface area contributed by atoms with Crippen LogP contribution in [0.15, 0.2) is 103 Å². The minimum absolute atomic E-state index is 0. The second-order valence-corrected chi connectivity index (χ2v) is 8.56. The first-order chi connectivity index (χ1) is 15.8. The van der Waals surface area contributed by atoms with Crippen molar-refractivity contribution in [2.24, 2.45) is 7.05 Å². The van der Waals surface area contributed by atoms with Crippen molar-refractivity contribution in [1.29, 1.82) is 0 Å². The quantitative estimate of drug-likeness (QED) is 0.160. The first-order valence-electron chi connectivity index (χ1n) is 11.0. The fourth-order valence-electron chi connectivity index (χ4n) is 5.38. The number of benzene rings is 6. The Morgan fingerprint density at radius 3 is 1.94 bits per heavy atom. The molecular weight excluding hydrogens is 475 g/mol. The molecule has 0 bridgehead atoms. The Bertz CT molecular complexity index is 1790. The molecule has 7 rings (SSSR count). The molecule has 6 aromatic carbocycles. The van der Waals surface area contributed by atoms with Gasteiger partial charge < -0.3 is 4.57 Å². The maximum absolute atomic E-state index is 3.61. The van der Waals surface area contributed by atoms with Crippen LogP contribution < -0.4 is 0 Å². The Balaban J connectivity index is 0.00000206. The molecule has 0 unspecified atom stereocenters. The second kappa shape index (κ2) is 7.80. The van der Waals surface area contributed by atoms with Crippen molar-refractivity contribution in [2.45, 2.75) is 0 Å². The van der Waals surface area contributed by atoms with Crippen molar-refractivity contribution in [3.05, 3.63) is 109 Å². The van der Waals surface area contributed by atoms with E-state index in [2.05, 4.69) is 121 Å². The Morgan fingerprint density at radius 2 is 1.21 bits per heavy atom. The van der Waals surface area contributed by atoms with Crippen molar-refractivity contribution >= 4 is 54.1 Å². The van der Waals surface area contributed by atoms with Crippen molar-refractivity contribution < 1.29 is 32.7 Å². The third-order valence-electron chi connectivity index (χ3n) is 6.83. The van der Waals surface area contributed by atoms with E-state index in [0.29, 0.717) is 0 Å². The fraction of sp³-hybridized carbons (Fsp3) is 0.0323. The topological polar surface area (TPSA) is 4.93 Å². The summed E-state index contributed by atoms with van der Waals surface area (Å²) >= 11 is 0. The zero-order valence-electron chi connectivity index (χ0n) is 18.3. The smallest absolute Gasteiger partial charge is 0.0568 e. The number of hydrogen-bond acceptors (Lipinski definition) is 0. The number of aromatic nitrogens is 1. The summed E-state index contributed by atoms with van der Waals surface area (Å²) < 4.78 is 2.34. The Hall–Kier alpha value is -3.00. The molecule has 0 aliphatic heterocycles. The van der Waals surface area contributed by atoms with Crippen LogP contribution in [-0.4, -0.2) is 4.57 Å². The molecule has 0 N–H and O–H groups in total. The summed E-state index contributed by atoms with van der Waals surface area (Å²) in [6.07, 6.45) is 0. The maximum Gasteiger partial charge on any atom is 0.0568 e. The summed E-state index contributed by atoms with van der Waals surface area (Å²) in [6.45, 7) is 0. The Labute approximate surface area is 217 Å². The van der Waals surface area contributed by atoms with E-state index in [4.69, 9.17) is 0 Å². The normalized spacial score (nSPS) is 11.5. The first kappa shape index (κ1) is 20.6. The van der Waals surface area contributed by atoms with E-state index in [1.165, 1.54) is 54.5 Å². The second-order valence-electron chi connectivity index (χ2n) is 8.56. The van der Waals surface area contributed by atoms with Crippen LogP contribution in [0.2, 0.25) is 0 Å². The molecule has 0 amide bonds. The zero-order chi connectivity index (χ0) is 21.2. The van der Waals surface area contributed by atoms with E-state index in [9.17, 15) is 0 Å². The van der Waals surface area contributed by atoms with Gasteiger partial charge in [-0.2, -0.15) is 0 Å². The van der Waals surface area contributed by atoms with Gasteiger partial charge in [-0.3, -0.25) is 0 Å². The van der Waals surface area contributed by atoms with Gasteiger partial charge in [0.05, 0.1) is 5.52 Å². The van der Waals surface area contributed by atoms with E-state index >= 15 is 0 Å². The van der Waals surface area contributed by atoms with E-state index in [1.54, 1.807) is 0 Å². The standard InChI is InChI=1S/C31H20N.Y/c1-32-29-17-15-23(19-28(29)27-16-14-20-8-2-7-13-26(20)31(27)32)30-24-11-5-3-9-21(24)18-22-10-4-6-12-25(22)30;/h2-17,19H,1H3;/q-1;. The van der Waals surface area contributed by atoms with Gasteiger partial charge in [-0.15, -0.1) is 29.0 Å². The number of rotatable bonds is 1. The monoisotopic (exact) mass is 495 g/mol. The van der Waals surface area contributed by atoms with E-state index in [1.807, 2.05) is 0 Å². The molecule has 153 valence electrons. The van der Waals surface area contributed by atoms with Gasteiger partial charge in [0.2, 0.25) is 0 Å². The molecule has 2 heteroatoms. The zero-order valence-corrected chi connectivity index (χ0v) is 21.2. The van der Waals surface area contributed by atoms with Crippen LogP contribution in [-0.2, 0) is 39.8 Å². The molecule has 1 nitrogen and oxygen atoms in total. The number of aryl methyl sites for hydroxylation is 1. The van der Waals surface area contributed by atoms with Crippen molar-refractivity contribution in [3.63, 3.8) is 0 Å². The molecular formula is C31H20NY-. The number of nitrogens with zero attached hydrogens (tertiary/aromatic N) is 1. The molecule has 33 heavy (non-hydrogen) atoms. The average Bonchev–Trinajstić information content (AvgIpc) is 3.14. The van der Waals surface area contributed by atoms with E-state index in [0.717, 1.165) is 10.8 Å². The first-order valence-corrected chi connectivity index (χ1v) is 11.0. The molecule has 0 spiro atoms. The maximum atomic E-state index is 3.61. The summed E-state index contributed by atoms with van der Waals surface area (Å²) in [5.74, 6) is 0. The third-order valence-corrected chi connectivity index (χ3v) is 6.83. The Morgan fingerprint density at radius 1 is 0.576 bits per heavy atom. The molecule has 0 atom stereocenters. The predicted octanol–water partition coefficient (Wildman–Crippen LogP) is 8.26. The molecule has 1 aromatic heterocycles. The van der Waals surface area contributed by atoms with Gasteiger partial charge in [-0.1, -0.05) is 95.2 Å². The van der Waals surface area contributed by atoms with E-state index in [-0.39, 0.29) is 32.7 Å². The van der Waals surface area contributed by atoms with Crippen LogP contribution in [0.1, 0.15) is 0 Å². The molecule has 1 radical (unpaired) electrons. The van der Waals surface area contributed by atoms with Gasteiger partial charge in [0.15, 0.2) is 0 Å². The molecule has 0 aliphatic carbocycles. The van der Waals surface area contributed by atoms with Crippen LogP contribution in [0.4, 0.5) is 0 Å². The van der Waals surface area contributed by atoms with Gasteiger partial charge in [-0.25, -0.2) is 0 Å². The van der Waals surface area contributed by atoms with Gasteiger partial charge in [0.1, 0.15) is 0 Å². The summed E-state index contributed by atoms with van der Waals surface area (Å²) in [4.78, 5) is 0. The van der Waals surface area contributed by atoms with E-state index < -0.39 is 0 Å².